The molecule has 128 valence electrons. The van der Waals surface area contributed by atoms with Gasteiger partial charge in [-0.2, -0.15) is 0 Å². The van der Waals surface area contributed by atoms with Crippen LogP contribution in [-0.4, -0.2) is 38.4 Å². The Balaban J connectivity index is 2.23. The number of carbonyl (C=O) groups excluding carboxylic acids is 1. The van der Waals surface area contributed by atoms with Crippen molar-refractivity contribution in [1.29, 1.82) is 0 Å². The van der Waals surface area contributed by atoms with Crippen LogP contribution in [0.1, 0.15) is 20.8 Å². The molecule has 0 saturated heterocycles. The lowest BCUT2D eigenvalue weighted by Gasteiger charge is -2.21. The third kappa shape index (κ3) is 3.43. The van der Waals surface area contributed by atoms with Gasteiger partial charge in [0.15, 0.2) is 0 Å². The normalized spacial score (nSPS) is 11.6. The topological polar surface area (TPSA) is 84.6 Å². The van der Waals surface area contributed by atoms with Crippen LogP contribution in [0.25, 0.3) is 22.0 Å². The number of hydrogen-bond donors (Lipinski definition) is 2. The van der Waals surface area contributed by atoms with E-state index in [4.69, 9.17) is 4.74 Å². The van der Waals surface area contributed by atoms with Crippen molar-refractivity contribution in [3.05, 3.63) is 48.8 Å². The Bertz CT molecular complexity index is 914. The maximum absolute atomic E-state index is 12.6. The maximum Gasteiger partial charge on any atom is 0.506 e. The summed E-state index contributed by atoms with van der Waals surface area (Å²) in [7, 11) is -1.80. The van der Waals surface area contributed by atoms with E-state index in [2.05, 4.69) is 4.98 Å². The molecule has 3 aromatic rings. The van der Waals surface area contributed by atoms with Crippen LogP contribution in [0.2, 0.25) is 0 Å². The van der Waals surface area contributed by atoms with Crippen molar-refractivity contribution >= 4 is 29.7 Å². The van der Waals surface area contributed by atoms with Crippen LogP contribution in [0.15, 0.2) is 48.8 Å². The Morgan fingerprint density at radius 1 is 1.16 bits per heavy atom. The van der Waals surface area contributed by atoms with Gasteiger partial charge in [0.05, 0.1) is 11.1 Å². The number of ether oxygens (including phenoxy) is 1. The fourth-order valence-electron chi connectivity index (χ4n) is 2.74. The van der Waals surface area contributed by atoms with E-state index < -0.39 is 18.8 Å². The van der Waals surface area contributed by atoms with Gasteiger partial charge in [-0.3, -0.25) is 9.55 Å². The standard InChI is InChI=1S/C18H19BN2O4/c1-18(2,3)25-17(22)21-15-6-4-5-13(12-7-9-20-10-8-12)14(15)11-16(21)19(23)24/h4-11,23-24H,1-3H3. The molecule has 0 radical (unpaired) electrons. The lowest BCUT2D eigenvalue weighted by Crippen LogP contribution is -2.40. The van der Waals surface area contributed by atoms with Crippen molar-refractivity contribution in [3.8, 4) is 11.1 Å². The number of carbonyl (C=O) groups is 1. The zero-order chi connectivity index (χ0) is 18.2. The molecule has 0 saturated carbocycles. The smallest absolute Gasteiger partial charge is 0.443 e. The summed E-state index contributed by atoms with van der Waals surface area (Å²) in [5.41, 5.74) is 1.69. The molecule has 0 amide bonds. The minimum atomic E-state index is -1.80. The molecular formula is C18H19BN2O4. The van der Waals surface area contributed by atoms with Crippen molar-refractivity contribution in [2.45, 2.75) is 26.4 Å². The van der Waals surface area contributed by atoms with Crippen molar-refractivity contribution < 1.29 is 19.6 Å². The predicted molar refractivity (Wildman–Crippen MR) is 96.6 cm³/mol. The van der Waals surface area contributed by atoms with Gasteiger partial charge in [-0.1, -0.05) is 12.1 Å². The summed E-state index contributed by atoms with van der Waals surface area (Å²) in [6, 6.07) is 10.8. The Kier molecular flexibility index (Phi) is 4.37. The summed E-state index contributed by atoms with van der Waals surface area (Å²) >= 11 is 0. The van der Waals surface area contributed by atoms with Crippen molar-refractivity contribution in [3.63, 3.8) is 0 Å². The highest BCUT2D eigenvalue weighted by atomic mass is 16.6. The van der Waals surface area contributed by atoms with E-state index >= 15 is 0 Å². The first-order chi connectivity index (χ1) is 11.8. The van der Waals surface area contributed by atoms with Gasteiger partial charge in [0.2, 0.25) is 0 Å². The van der Waals surface area contributed by atoms with Crippen LogP contribution in [0.4, 0.5) is 4.79 Å². The van der Waals surface area contributed by atoms with E-state index in [-0.39, 0.29) is 5.59 Å². The second-order valence-electron chi connectivity index (χ2n) is 6.73. The largest absolute Gasteiger partial charge is 0.506 e. The van der Waals surface area contributed by atoms with Crippen LogP contribution in [0.3, 0.4) is 0 Å². The molecule has 0 aliphatic heterocycles. The fraction of sp³-hybridized carbons (Fsp3) is 0.222. The molecule has 6 nitrogen and oxygen atoms in total. The molecule has 0 unspecified atom stereocenters. The van der Waals surface area contributed by atoms with Crippen LogP contribution in [-0.2, 0) is 4.74 Å². The highest BCUT2D eigenvalue weighted by molar-refractivity contribution is 6.59. The van der Waals surface area contributed by atoms with Gasteiger partial charge < -0.3 is 14.8 Å². The molecule has 7 heteroatoms. The number of pyridine rings is 1. The first-order valence-corrected chi connectivity index (χ1v) is 7.92. The van der Waals surface area contributed by atoms with Crippen LogP contribution < -0.4 is 5.59 Å². The molecule has 2 N–H and O–H groups in total. The molecule has 0 fully saturated rings. The lowest BCUT2D eigenvalue weighted by molar-refractivity contribution is 0.0547. The second kappa shape index (κ2) is 6.35. The summed E-state index contributed by atoms with van der Waals surface area (Å²) in [5.74, 6) is 0. The molecule has 0 bridgehead atoms. The average Bonchev–Trinajstić information content (AvgIpc) is 2.94. The molecule has 2 aromatic heterocycles. The molecular weight excluding hydrogens is 319 g/mol. The minimum absolute atomic E-state index is 0.0609. The number of benzene rings is 1. The second-order valence-corrected chi connectivity index (χ2v) is 6.73. The first-order valence-electron chi connectivity index (χ1n) is 7.92. The van der Waals surface area contributed by atoms with E-state index in [1.54, 1.807) is 45.3 Å². The summed E-state index contributed by atoms with van der Waals surface area (Å²) in [6.07, 6.45) is 2.71. The number of hydrogen-bond acceptors (Lipinski definition) is 5. The summed E-state index contributed by atoms with van der Waals surface area (Å²) < 4.78 is 6.62. The lowest BCUT2D eigenvalue weighted by atomic mass is 9.86. The van der Waals surface area contributed by atoms with E-state index in [1.807, 2.05) is 24.3 Å². The third-order valence-corrected chi connectivity index (χ3v) is 3.71. The highest BCUT2D eigenvalue weighted by Crippen LogP contribution is 2.29. The van der Waals surface area contributed by atoms with Gasteiger partial charge >= 0.3 is 13.2 Å². The van der Waals surface area contributed by atoms with Crippen LogP contribution >= 0.6 is 0 Å². The van der Waals surface area contributed by atoms with Crippen molar-refractivity contribution in [1.82, 2.24) is 9.55 Å². The number of nitrogens with zero attached hydrogens (tertiary/aromatic N) is 2. The monoisotopic (exact) mass is 338 g/mol. The zero-order valence-corrected chi connectivity index (χ0v) is 14.3. The molecule has 0 aliphatic rings. The van der Waals surface area contributed by atoms with E-state index in [1.165, 1.54) is 4.57 Å². The number of aromatic nitrogens is 2. The van der Waals surface area contributed by atoms with Gasteiger partial charge in [0, 0.05) is 17.8 Å². The summed E-state index contributed by atoms with van der Waals surface area (Å²) in [6.45, 7) is 5.27. The van der Waals surface area contributed by atoms with Gasteiger partial charge in [-0.25, -0.2) is 4.79 Å². The van der Waals surface area contributed by atoms with Crippen LogP contribution in [0.5, 0.6) is 0 Å². The van der Waals surface area contributed by atoms with Crippen molar-refractivity contribution in [2.24, 2.45) is 0 Å². The highest BCUT2D eigenvalue weighted by Gasteiger charge is 2.27. The first kappa shape index (κ1) is 17.2. The molecule has 0 spiro atoms. The molecule has 1 aromatic carbocycles. The Morgan fingerprint density at radius 2 is 1.84 bits per heavy atom. The fourth-order valence-corrected chi connectivity index (χ4v) is 2.74. The Labute approximate surface area is 145 Å². The molecule has 25 heavy (non-hydrogen) atoms. The molecule has 3 rings (SSSR count). The van der Waals surface area contributed by atoms with Crippen molar-refractivity contribution in [2.75, 3.05) is 0 Å². The zero-order valence-electron chi connectivity index (χ0n) is 14.3. The molecule has 0 aliphatic carbocycles. The number of fused-ring (bicyclic) bond motifs is 1. The van der Waals surface area contributed by atoms with E-state index in [9.17, 15) is 14.8 Å². The van der Waals surface area contributed by atoms with Gasteiger partial charge in [0.1, 0.15) is 5.60 Å². The molecule has 0 atom stereocenters. The Hall–Kier alpha value is -2.64. The minimum Gasteiger partial charge on any atom is -0.443 e. The van der Waals surface area contributed by atoms with E-state index in [0.29, 0.717) is 5.52 Å². The SMILES string of the molecule is CC(C)(C)OC(=O)n1c(B(O)O)cc2c(-c3ccncc3)cccc21. The summed E-state index contributed by atoms with van der Waals surface area (Å²) in [5, 5.41) is 20.2. The van der Waals surface area contributed by atoms with Crippen LogP contribution in [0, 0.1) is 0 Å². The van der Waals surface area contributed by atoms with Gasteiger partial charge in [0.25, 0.3) is 0 Å². The quantitative estimate of drug-likeness (QED) is 0.700. The molecule has 2 heterocycles. The number of rotatable bonds is 2. The predicted octanol–water partition coefficient (Wildman–Crippen LogP) is 2.17. The van der Waals surface area contributed by atoms with E-state index in [0.717, 1.165) is 16.5 Å². The van der Waals surface area contributed by atoms with Gasteiger partial charge in [-0.15, -0.1) is 0 Å². The summed E-state index contributed by atoms with van der Waals surface area (Å²) in [4.78, 5) is 16.6. The third-order valence-electron chi connectivity index (χ3n) is 3.71. The maximum atomic E-state index is 12.6. The van der Waals surface area contributed by atoms with Gasteiger partial charge in [-0.05, 0) is 56.2 Å². The Morgan fingerprint density at radius 3 is 2.44 bits per heavy atom. The average molecular weight is 338 g/mol.